The van der Waals surface area contributed by atoms with E-state index in [2.05, 4.69) is 15.5 Å². The Kier molecular flexibility index (Phi) is 4.69. The van der Waals surface area contributed by atoms with Crippen LogP contribution >= 0.6 is 12.4 Å². The van der Waals surface area contributed by atoms with E-state index in [1.807, 2.05) is 25.1 Å². The van der Waals surface area contributed by atoms with Crippen LogP contribution in [0.4, 0.5) is 10.5 Å². The number of rotatable bonds is 2. The van der Waals surface area contributed by atoms with E-state index in [4.69, 9.17) is 0 Å². The predicted molar refractivity (Wildman–Crippen MR) is 95.0 cm³/mol. The molecule has 3 aliphatic heterocycles. The van der Waals surface area contributed by atoms with Gasteiger partial charge < -0.3 is 15.5 Å². The fourth-order valence-corrected chi connectivity index (χ4v) is 3.99. The molecule has 1 aromatic rings. The number of fused-ring (bicyclic) bond motifs is 2. The van der Waals surface area contributed by atoms with Gasteiger partial charge in [0.15, 0.2) is 0 Å². The van der Waals surface area contributed by atoms with Gasteiger partial charge in [-0.15, -0.1) is 12.4 Å². The first-order valence-electron chi connectivity index (χ1n) is 8.34. The number of anilines is 1. The monoisotopic (exact) mass is 350 g/mol. The molecular formula is C17H23ClN4O2. The van der Waals surface area contributed by atoms with Gasteiger partial charge >= 0.3 is 6.03 Å². The fraction of sp³-hybridized carbons (Fsp3) is 0.529. The normalized spacial score (nSPS) is 25.5. The van der Waals surface area contributed by atoms with Crippen LogP contribution in [-0.2, 0) is 0 Å². The second-order valence-electron chi connectivity index (χ2n) is 6.64. The van der Waals surface area contributed by atoms with Gasteiger partial charge in [-0.1, -0.05) is 6.07 Å². The second kappa shape index (κ2) is 6.61. The number of hydrogen-bond donors (Lipinski definition) is 2. The SMILES string of the molecule is Cc1ccc(C(=O)N2[C@@H]3CC[C@H]2CNC3)cc1N1CCNC1=O.Cl. The number of carbonyl (C=O) groups excluding carboxylic acids is 2. The highest BCUT2D eigenvalue weighted by Crippen LogP contribution is 2.30. The Morgan fingerprint density at radius 3 is 2.54 bits per heavy atom. The average molecular weight is 351 g/mol. The van der Waals surface area contributed by atoms with Gasteiger partial charge in [0.25, 0.3) is 5.91 Å². The fourth-order valence-electron chi connectivity index (χ4n) is 3.99. The highest BCUT2D eigenvalue weighted by Gasteiger charge is 2.40. The van der Waals surface area contributed by atoms with Gasteiger partial charge in [-0.2, -0.15) is 0 Å². The Morgan fingerprint density at radius 1 is 1.21 bits per heavy atom. The van der Waals surface area contributed by atoms with Crippen molar-refractivity contribution in [1.29, 1.82) is 0 Å². The standard InChI is InChI=1S/C17H22N4O2.ClH/c1-11-2-3-12(8-15(11)20-7-6-19-17(20)23)16(22)21-13-4-5-14(21)10-18-9-13;/h2-3,8,13-14,18H,4-7,9-10H2,1H3,(H,19,23);1H/t13-,14+;. The Balaban J connectivity index is 0.00000169. The third-order valence-electron chi connectivity index (χ3n) is 5.22. The van der Waals surface area contributed by atoms with Crippen molar-refractivity contribution in [2.75, 3.05) is 31.1 Å². The summed E-state index contributed by atoms with van der Waals surface area (Å²) in [6, 6.07) is 6.24. The van der Waals surface area contributed by atoms with Crippen molar-refractivity contribution < 1.29 is 9.59 Å². The zero-order chi connectivity index (χ0) is 16.0. The first-order valence-corrected chi connectivity index (χ1v) is 8.34. The molecule has 3 aliphatic rings. The van der Waals surface area contributed by atoms with Crippen molar-refractivity contribution in [3.63, 3.8) is 0 Å². The van der Waals surface area contributed by atoms with Crippen molar-refractivity contribution in [2.24, 2.45) is 0 Å². The molecule has 130 valence electrons. The lowest BCUT2D eigenvalue weighted by molar-refractivity contribution is 0.0619. The molecule has 7 heteroatoms. The molecule has 3 fully saturated rings. The molecule has 0 unspecified atom stereocenters. The summed E-state index contributed by atoms with van der Waals surface area (Å²) >= 11 is 0. The number of halogens is 1. The van der Waals surface area contributed by atoms with Crippen molar-refractivity contribution in [3.8, 4) is 0 Å². The minimum Gasteiger partial charge on any atom is -0.336 e. The maximum atomic E-state index is 13.0. The largest absolute Gasteiger partial charge is 0.336 e. The van der Waals surface area contributed by atoms with E-state index in [9.17, 15) is 9.59 Å². The van der Waals surface area contributed by atoms with Crippen molar-refractivity contribution in [2.45, 2.75) is 31.8 Å². The number of aryl methyl sites for hydroxylation is 1. The summed E-state index contributed by atoms with van der Waals surface area (Å²) in [6.45, 7) is 5.04. The van der Waals surface area contributed by atoms with Gasteiger partial charge in [0, 0.05) is 49.5 Å². The number of urea groups is 1. The van der Waals surface area contributed by atoms with Crippen LogP contribution in [-0.4, -0.2) is 55.1 Å². The first-order chi connectivity index (χ1) is 11.1. The van der Waals surface area contributed by atoms with E-state index in [0.717, 1.165) is 37.2 Å². The molecule has 0 saturated carbocycles. The molecule has 0 spiro atoms. The summed E-state index contributed by atoms with van der Waals surface area (Å²) in [4.78, 5) is 28.7. The molecule has 0 aliphatic carbocycles. The van der Waals surface area contributed by atoms with Crippen LogP contribution in [0.5, 0.6) is 0 Å². The number of hydrogen-bond acceptors (Lipinski definition) is 3. The molecule has 0 radical (unpaired) electrons. The van der Waals surface area contributed by atoms with Crippen LogP contribution in [0.1, 0.15) is 28.8 Å². The zero-order valence-electron chi connectivity index (χ0n) is 13.7. The van der Waals surface area contributed by atoms with Gasteiger partial charge in [0.2, 0.25) is 0 Å². The number of amides is 3. The maximum Gasteiger partial charge on any atom is 0.322 e. The molecule has 2 N–H and O–H groups in total. The molecular weight excluding hydrogens is 328 g/mol. The first kappa shape index (κ1) is 17.0. The van der Waals surface area contributed by atoms with Gasteiger partial charge in [-0.05, 0) is 37.5 Å². The summed E-state index contributed by atoms with van der Waals surface area (Å²) in [5, 5.41) is 6.21. The van der Waals surface area contributed by atoms with Crippen LogP contribution in [0, 0.1) is 6.92 Å². The van der Waals surface area contributed by atoms with Gasteiger partial charge in [0.1, 0.15) is 0 Å². The second-order valence-corrected chi connectivity index (χ2v) is 6.64. The van der Waals surface area contributed by atoms with E-state index in [-0.39, 0.29) is 24.3 Å². The van der Waals surface area contributed by atoms with Crippen molar-refractivity contribution in [3.05, 3.63) is 29.3 Å². The van der Waals surface area contributed by atoms with E-state index in [1.165, 1.54) is 0 Å². The molecule has 2 bridgehead atoms. The Labute approximate surface area is 148 Å². The van der Waals surface area contributed by atoms with Gasteiger partial charge in [-0.3, -0.25) is 9.69 Å². The molecule has 4 rings (SSSR count). The van der Waals surface area contributed by atoms with Crippen LogP contribution in [0.2, 0.25) is 0 Å². The Hall–Kier alpha value is -1.79. The number of carbonyl (C=O) groups is 2. The van der Waals surface area contributed by atoms with Crippen molar-refractivity contribution in [1.82, 2.24) is 15.5 Å². The molecule has 3 heterocycles. The van der Waals surface area contributed by atoms with E-state index >= 15 is 0 Å². The summed E-state index contributed by atoms with van der Waals surface area (Å²) in [6.07, 6.45) is 2.16. The zero-order valence-corrected chi connectivity index (χ0v) is 14.6. The summed E-state index contributed by atoms with van der Waals surface area (Å²) < 4.78 is 0. The Bertz CT molecular complexity index is 650. The number of benzene rings is 1. The molecule has 1 aromatic carbocycles. The third-order valence-corrected chi connectivity index (χ3v) is 5.22. The van der Waals surface area contributed by atoms with Crippen LogP contribution in [0.15, 0.2) is 18.2 Å². The highest BCUT2D eigenvalue weighted by molar-refractivity contribution is 5.99. The van der Waals surface area contributed by atoms with Crippen molar-refractivity contribution >= 4 is 30.0 Å². The minimum absolute atomic E-state index is 0. The number of piperazine rings is 1. The Morgan fingerprint density at radius 2 is 1.92 bits per heavy atom. The van der Waals surface area contributed by atoms with E-state index in [1.54, 1.807) is 4.90 Å². The van der Waals surface area contributed by atoms with E-state index < -0.39 is 0 Å². The number of nitrogens with one attached hydrogen (secondary N) is 2. The average Bonchev–Trinajstić information content (AvgIpc) is 3.08. The van der Waals surface area contributed by atoms with Crippen LogP contribution in [0.3, 0.4) is 0 Å². The van der Waals surface area contributed by atoms with Gasteiger partial charge in [-0.25, -0.2) is 4.79 Å². The van der Waals surface area contributed by atoms with E-state index in [0.29, 0.717) is 30.7 Å². The van der Waals surface area contributed by atoms with Crippen LogP contribution < -0.4 is 15.5 Å². The predicted octanol–water partition coefficient (Wildman–Crippen LogP) is 1.52. The van der Waals surface area contributed by atoms with Crippen LogP contribution in [0.25, 0.3) is 0 Å². The molecule has 3 amide bonds. The smallest absolute Gasteiger partial charge is 0.322 e. The number of nitrogens with zero attached hydrogens (tertiary/aromatic N) is 2. The highest BCUT2D eigenvalue weighted by atomic mass is 35.5. The summed E-state index contributed by atoms with van der Waals surface area (Å²) in [7, 11) is 0. The quantitative estimate of drug-likeness (QED) is 0.850. The lowest BCUT2D eigenvalue weighted by atomic mass is 10.1. The molecule has 24 heavy (non-hydrogen) atoms. The summed E-state index contributed by atoms with van der Waals surface area (Å²) in [5.74, 6) is 0.0971. The molecule has 2 atom stereocenters. The molecule has 6 nitrogen and oxygen atoms in total. The molecule has 0 aromatic heterocycles. The molecule has 3 saturated heterocycles. The third kappa shape index (κ3) is 2.74. The topological polar surface area (TPSA) is 64.7 Å². The lowest BCUT2D eigenvalue weighted by Crippen LogP contribution is -2.54. The maximum absolute atomic E-state index is 13.0. The minimum atomic E-state index is -0.0834. The summed E-state index contributed by atoms with van der Waals surface area (Å²) in [5.41, 5.74) is 2.54. The van der Waals surface area contributed by atoms with Gasteiger partial charge in [0.05, 0.1) is 0 Å². The lowest BCUT2D eigenvalue weighted by Gasteiger charge is -2.35.